The Balaban J connectivity index is 3.13. The van der Waals surface area contributed by atoms with Gasteiger partial charge in [0.05, 0.1) is 6.10 Å². The summed E-state index contributed by atoms with van der Waals surface area (Å²) in [6, 6.07) is 0. The summed E-state index contributed by atoms with van der Waals surface area (Å²) in [6.07, 6.45) is 10.3. The molecule has 0 aromatic carbocycles. The van der Waals surface area contributed by atoms with Crippen molar-refractivity contribution in [3.63, 3.8) is 0 Å². The van der Waals surface area contributed by atoms with Crippen LogP contribution in [-0.4, -0.2) is 23.8 Å². The summed E-state index contributed by atoms with van der Waals surface area (Å²) in [6.45, 7) is 3.74. The Kier molecular flexibility index (Phi) is 11.5. The molecule has 0 fully saturated rings. The molecule has 0 radical (unpaired) electrons. The van der Waals surface area contributed by atoms with E-state index in [0.29, 0.717) is 0 Å². The predicted molar refractivity (Wildman–Crippen MR) is 69.9 cm³/mol. The van der Waals surface area contributed by atoms with Crippen LogP contribution in [0.3, 0.4) is 0 Å². The number of rotatable bonds is 11. The number of esters is 1. The molecule has 1 N–H and O–H groups in total. The molecule has 0 bridgehead atoms. The molecule has 3 nitrogen and oxygen atoms in total. The van der Waals surface area contributed by atoms with Crippen LogP contribution in [-0.2, 0) is 9.53 Å². The predicted octanol–water partition coefficient (Wildman–Crippen LogP) is 3.44. The average molecular weight is 244 g/mol. The minimum absolute atomic E-state index is 0.145. The summed E-state index contributed by atoms with van der Waals surface area (Å²) in [4.78, 5) is 10.5. The molecule has 102 valence electrons. The maximum Gasteiger partial charge on any atom is 0.302 e. The van der Waals surface area contributed by atoms with E-state index in [4.69, 9.17) is 4.74 Å². The van der Waals surface area contributed by atoms with Crippen LogP contribution >= 0.6 is 0 Å². The lowest BCUT2D eigenvalue weighted by atomic mass is 10.1. The van der Waals surface area contributed by atoms with Crippen LogP contribution in [0.25, 0.3) is 0 Å². The number of carbonyl (C=O) groups is 1. The van der Waals surface area contributed by atoms with Gasteiger partial charge in [-0.25, -0.2) is 0 Å². The molecule has 0 unspecified atom stereocenters. The first-order valence-corrected chi connectivity index (χ1v) is 6.98. The second-order valence-corrected chi connectivity index (χ2v) is 4.72. The van der Waals surface area contributed by atoms with Crippen LogP contribution in [0.15, 0.2) is 0 Å². The molecule has 0 heterocycles. The Morgan fingerprint density at radius 2 is 1.59 bits per heavy atom. The number of unbranched alkanes of at least 4 members (excludes halogenated alkanes) is 7. The topological polar surface area (TPSA) is 46.5 Å². The highest BCUT2D eigenvalue weighted by Crippen LogP contribution is 2.10. The highest BCUT2D eigenvalue weighted by atomic mass is 16.5. The molecule has 0 saturated carbocycles. The Bertz CT molecular complexity index is 180. The number of hydrogen-bond acceptors (Lipinski definition) is 3. The van der Waals surface area contributed by atoms with Gasteiger partial charge in [-0.1, -0.05) is 58.3 Å². The number of aliphatic hydroxyl groups excluding tert-OH is 1. The van der Waals surface area contributed by atoms with E-state index in [1.165, 1.54) is 51.9 Å². The Labute approximate surface area is 106 Å². The van der Waals surface area contributed by atoms with Crippen molar-refractivity contribution in [3.8, 4) is 0 Å². The van der Waals surface area contributed by atoms with E-state index in [-0.39, 0.29) is 12.6 Å². The smallest absolute Gasteiger partial charge is 0.302 e. The zero-order chi connectivity index (χ0) is 12.9. The van der Waals surface area contributed by atoms with Crippen molar-refractivity contribution in [3.05, 3.63) is 0 Å². The van der Waals surface area contributed by atoms with Crippen molar-refractivity contribution >= 4 is 5.97 Å². The summed E-state index contributed by atoms with van der Waals surface area (Å²) in [5, 5.41) is 9.49. The molecule has 0 aliphatic carbocycles. The van der Waals surface area contributed by atoms with Crippen molar-refractivity contribution in [1.29, 1.82) is 0 Å². The number of carbonyl (C=O) groups excluding carboxylic acids is 1. The van der Waals surface area contributed by atoms with Gasteiger partial charge >= 0.3 is 5.97 Å². The van der Waals surface area contributed by atoms with Crippen LogP contribution in [0.4, 0.5) is 0 Å². The van der Waals surface area contributed by atoms with E-state index in [9.17, 15) is 9.90 Å². The van der Waals surface area contributed by atoms with E-state index in [0.717, 1.165) is 12.8 Å². The van der Waals surface area contributed by atoms with Gasteiger partial charge in [-0.05, 0) is 6.42 Å². The second-order valence-electron chi connectivity index (χ2n) is 4.72. The summed E-state index contributed by atoms with van der Waals surface area (Å²) in [5.41, 5.74) is 0. The maximum atomic E-state index is 10.5. The van der Waals surface area contributed by atoms with Gasteiger partial charge in [-0.2, -0.15) is 0 Å². The Hall–Kier alpha value is -0.570. The molecule has 0 saturated heterocycles. The lowest BCUT2D eigenvalue weighted by Crippen LogP contribution is -2.17. The molecule has 0 aromatic rings. The number of ether oxygens (including phenoxy) is 1. The van der Waals surface area contributed by atoms with Gasteiger partial charge in [0.25, 0.3) is 0 Å². The first-order valence-electron chi connectivity index (χ1n) is 6.98. The van der Waals surface area contributed by atoms with E-state index in [2.05, 4.69) is 6.92 Å². The fourth-order valence-electron chi connectivity index (χ4n) is 1.81. The van der Waals surface area contributed by atoms with Crippen LogP contribution in [0.2, 0.25) is 0 Å². The van der Waals surface area contributed by atoms with Gasteiger partial charge in [0, 0.05) is 6.92 Å². The fourth-order valence-corrected chi connectivity index (χ4v) is 1.81. The van der Waals surface area contributed by atoms with Crippen LogP contribution in [0.1, 0.15) is 71.6 Å². The van der Waals surface area contributed by atoms with Gasteiger partial charge in [0.15, 0.2) is 0 Å². The molecule has 0 spiro atoms. The van der Waals surface area contributed by atoms with Crippen LogP contribution < -0.4 is 0 Å². The lowest BCUT2D eigenvalue weighted by Gasteiger charge is -2.09. The number of hydrogen-bond donors (Lipinski definition) is 1. The molecule has 0 aliphatic rings. The molecule has 0 aliphatic heterocycles. The van der Waals surface area contributed by atoms with E-state index < -0.39 is 6.10 Å². The third-order valence-corrected chi connectivity index (χ3v) is 2.87. The quantitative estimate of drug-likeness (QED) is 0.447. The largest absolute Gasteiger partial charge is 0.463 e. The molecule has 0 amide bonds. The number of aliphatic hydroxyl groups is 1. The monoisotopic (exact) mass is 244 g/mol. The summed E-state index contributed by atoms with van der Waals surface area (Å²) in [5.74, 6) is -0.319. The van der Waals surface area contributed by atoms with Gasteiger partial charge in [0.1, 0.15) is 6.61 Å². The molecular weight excluding hydrogens is 216 g/mol. The van der Waals surface area contributed by atoms with Crippen molar-refractivity contribution in [1.82, 2.24) is 0 Å². The van der Waals surface area contributed by atoms with Crippen molar-refractivity contribution in [2.75, 3.05) is 6.61 Å². The van der Waals surface area contributed by atoms with Gasteiger partial charge < -0.3 is 9.84 Å². The third-order valence-electron chi connectivity index (χ3n) is 2.87. The van der Waals surface area contributed by atoms with E-state index in [1.807, 2.05) is 0 Å². The molecular formula is C14H28O3. The standard InChI is InChI=1S/C14H28O3/c1-3-4-5-6-7-8-9-10-11-14(16)12-17-13(2)15/h14,16H,3-12H2,1-2H3/t14-/m1/s1. The Morgan fingerprint density at radius 3 is 2.12 bits per heavy atom. The highest BCUT2D eigenvalue weighted by molar-refractivity contribution is 5.65. The molecule has 0 aromatic heterocycles. The summed E-state index contributed by atoms with van der Waals surface area (Å²) in [7, 11) is 0. The van der Waals surface area contributed by atoms with Crippen molar-refractivity contribution in [2.45, 2.75) is 77.7 Å². The zero-order valence-electron chi connectivity index (χ0n) is 11.4. The second kappa shape index (κ2) is 11.9. The van der Waals surface area contributed by atoms with Gasteiger partial charge in [-0.3, -0.25) is 4.79 Å². The summed E-state index contributed by atoms with van der Waals surface area (Å²) < 4.78 is 4.74. The lowest BCUT2D eigenvalue weighted by molar-refractivity contribution is -0.144. The van der Waals surface area contributed by atoms with Crippen LogP contribution in [0, 0.1) is 0 Å². The maximum absolute atomic E-state index is 10.5. The average Bonchev–Trinajstić information content (AvgIpc) is 2.30. The first-order chi connectivity index (χ1) is 8.16. The van der Waals surface area contributed by atoms with E-state index >= 15 is 0 Å². The Morgan fingerprint density at radius 1 is 1.06 bits per heavy atom. The molecule has 0 rings (SSSR count). The van der Waals surface area contributed by atoms with Crippen molar-refractivity contribution < 1.29 is 14.6 Å². The van der Waals surface area contributed by atoms with E-state index in [1.54, 1.807) is 0 Å². The fraction of sp³-hybridized carbons (Fsp3) is 0.929. The first kappa shape index (κ1) is 16.4. The molecule has 17 heavy (non-hydrogen) atoms. The van der Waals surface area contributed by atoms with Gasteiger partial charge in [0.2, 0.25) is 0 Å². The van der Waals surface area contributed by atoms with Crippen molar-refractivity contribution in [2.24, 2.45) is 0 Å². The highest BCUT2D eigenvalue weighted by Gasteiger charge is 2.05. The zero-order valence-corrected chi connectivity index (χ0v) is 11.4. The minimum Gasteiger partial charge on any atom is -0.463 e. The molecule has 1 atom stereocenters. The minimum atomic E-state index is -0.487. The normalized spacial score (nSPS) is 12.4. The van der Waals surface area contributed by atoms with Crippen LogP contribution in [0.5, 0.6) is 0 Å². The third kappa shape index (κ3) is 13.4. The van der Waals surface area contributed by atoms with Gasteiger partial charge in [-0.15, -0.1) is 0 Å². The SMILES string of the molecule is CCCCCCCCCC[C@@H](O)COC(C)=O. The summed E-state index contributed by atoms with van der Waals surface area (Å²) >= 11 is 0. The molecule has 3 heteroatoms.